The van der Waals surface area contributed by atoms with Crippen molar-refractivity contribution in [1.82, 2.24) is 0 Å². The van der Waals surface area contributed by atoms with Gasteiger partial charge in [0.25, 0.3) is 0 Å². The van der Waals surface area contributed by atoms with Gasteiger partial charge in [0.05, 0.1) is 11.4 Å². The lowest BCUT2D eigenvalue weighted by molar-refractivity contribution is 0.0918. The predicted octanol–water partition coefficient (Wildman–Crippen LogP) is 3.43. The Kier molecular flexibility index (Phi) is 3.25. The van der Waals surface area contributed by atoms with Gasteiger partial charge in [-0.05, 0) is 24.3 Å². The van der Waals surface area contributed by atoms with Crippen molar-refractivity contribution in [3.63, 3.8) is 0 Å². The predicted molar refractivity (Wildman–Crippen MR) is 64.1 cm³/mol. The molecule has 0 amide bonds. The lowest BCUT2D eigenvalue weighted by Crippen LogP contribution is -2.20. The zero-order valence-electron chi connectivity index (χ0n) is 8.98. The molecule has 0 fully saturated rings. The average Bonchev–Trinajstić information content (AvgIpc) is 2.38. The van der Waals surface area contributed by atoms with E-state index in [9.17, 15) is 4.79 Å². The highest BCUT2D eigenvalue weighted by Gasteiger charge is 2.13. The minimum Gasteiger partial charge on any atom is -0.448 e. The van der Waals surface area contributed by atoms with Crippen molar-refractivity contribution in [2.45, 2.75) is 0 Å². The maximum atomic E-state index is 10.7. The van der Waals surface area contributed by atoms with E-state index in [0.29, 0.717) is 11.4 Å². The Morgan fingerprint density at radius 1 is 0.882 bits per heavy atom. The van der Waals surface area contributed by atoms with Gasteiger partial charge in [0.2, 0.25) is 0 Å². The summed E-state index contributed by atoms with van der Waals surface area (Å²) < 4.78 is 0. The van der Waals surface area contributed by atoms with E-state index in [1.165, 1.54) is 5.06 Å². The van der Waals surface area contributed by atoms with Gasteiger partial charge < -0.3 is 9.94 Å². The maximum absolute atomic E-state index is 10.7. The van der Waals surface area contributed by atoms with Crippen LogP contribution in [-0.2, 0) is 4.84 Å². The molecule has 0 saturated heterocycles. The Morgan fingerprint density at radius 2 is 1.29 bits per heavy atom. The van der Waals surface area contributed by atoms with Crippen LogP contribution in [0.1, 0.15) is 0 Å². The summed E-state index contributed by atoms with van der Waals surface area (Å²) in [6, 6.07) is 18.1. The van der Waals surface area contributed by atoms with Crippen LogP contribution in [0.4, 0.5) is 16.2 Å². The van der Waals surface area contributed by atoms with E-state index in [1.54, 1.807) is 24.3 Å². The quantitative estimate of drug-likeness (QED) is 0.819. The van der Waals surface area contributed by atoms with Crippen LogP contribution < -0.4 is 5.06 Å². The molecule has 0 unspecified atom stereocenters. The van der Waals surface area contributed by atoms with E-state index in [1.807, 2.05) is 36.4 Å². The Bertz CT molecular complexity index is 445. The third kappa shape index (κ3) is 2.75. The van der Waals surface area contributed by atoms with Crippen LogP contribution in [-0.4, -0.2) is 11.3 Å². The highest BCUT2D eigenvalue weighted by molar-refractivity contribution is 5.66. The van der Waals surface area contributed by atoms with Crippen molar-refractivity contribution in [3.8, 4) is 0 Å². The van der Waals surface area contributed by atoms with E-state index in [2.05, 4.69) is 0 Å². The van der Waals surface area contributed by atoms with E-state index in [-0.39, 0.29) is 0 Å². The SMILES string of the molecule is O=C(O)ON(c1ccccc1)c1ccccc1. The van der Waals surface area contributed by atoms with Crippen LogP contribution in [0.3, 0.4) is 0 Å². The second-order valence-electron chi connectivity index (χ2n) is 3.32. The van der Waals surface area contributed by atoms with E-state index in [4.69, 9.17) is 9.94 Å². The van der Waals surface area contributed by atoms with Crippen LogP contribution >= 0.6 is 0 Å². The summed E-state index contributed by atoms with van der Waals surface area (Å²) in [5, 5.41) is 10.0. The van der Waals surface area contributed by atoms with Crippen LogP contribution in [0.2, 0.25) is 0 Å². The molecule has 0 radical (unpaired) electrons. The van der Waals surface area contributed by atoms with Gasteiger partial charge in [0.15, 0.2) is 0 Å². The second-order valence-corrected chi connectivity index (χ2v) is 3.32. The van der Waals surface area contributed by atoms with Gasteiger partial charge >= 0.3 is 6.16 Å². The van der Waals surface area contributed by atoms with Crippen LogP contribution in [0, 0.1) is 0 Å². The third-order valence-corrected chi connectivity index (χ3v) is 2.15. The largest absolute Gasteiger partial charge is 0.531 e. The van der Waals surface area contributed by atoms with Crippen molar-refractivity contribution in [2.24, 2.45) is 0 Å². The third-order valence-electron chi connectivity index (χ3n) is 2.15. The Hall–Kier alpha value is -2.49. The van der Waals surface area contributed by atoms with Crippen LogP contribution in [0.5, 0.6) is 0 Å². The number of hydrogen-bond donors (Lipinski definition) is 1. The van der Waals surface area contributed by atoms with Gasteiger partial charge in [-0.25, -0.2) is 4.79 Å². The Balaban J connectivity index is 2.36. The molecule has 0 heterocycles. The number of rotatable bonds is 3. The summed E-state index contributed by atoms with van der Waals surface area (Å²) in [6.07, 6.45) is -1.35. The monoisotopic (exact) mass is 229 g/mol. The number of hydrogen-bond acceptors (Lipinski definition) is 3. The molecule has 4 heteroatoms. The highest BCUT2D eigenvalue weighted by atomic mass is 16.8. The molecular weight excluding hydrogens is 218 g/mol. The van der Waals surface area contributed by atoms with E-state index in [0.717, 1.165) is 0 Å². The molecule has 4 nitrogen and oxygen atoms in total. The summed E-state index contributed by atoms with van der Waals surface area (Å²) >= 11 is 0. The molecule has 0 saturated carbocycles. The number of carboxylic acid groups (broad SMARTS) is 1. The van der Waals surface area contributed by atoms with Gasteiger partial charge in [0.1, 0.15) is 0 Å². The molecular formula is C13H11NO3. The minimum atomic E-state index is -1.35. The first-order valence-electron chi connectivity index (χ1n) is 5.08. The number of nitrogens with zero attached hydrogens (tertiary/aromatic N) is 1. The zero-order valence-corrected chi connectivity index (χ0v) is 8.98. The smallest absolute Gasteiger partial charge is 0.448 e. The summed E-state index contributed by atoms with van der Waals surface area (Å²) in [7, 11) is 0. The standard InChI is InChI=1S/C13H11NO3/c15-13(16)17-14(11-7-3-1-4-8-11)12-9-5-2-6-10-12/h1-10H,(H,15,16). The molecule has 0 aliphatic carbocycles. The van der Waals surface area contributed by atoms with Gasteiger partial charge in [0, 0.05) is 0 Å². The molecule has 2 aromatic rings. The minimum absolute atomic E-state index is 0.654. The van der Waals surface area contributed by atoms with Crippen LogP contribution in [0.15, 0.2) is 60.7 Å². The molecule has 0 aliphatic heterocycles. The lowest BCUT2D eigenvalue weighted by atomic mass is 10.2. The van der Waals surface area contributed by atoms with Crippen molar-refractivity contribution in [2.75, 3.05) is 5.06 Å². The molecule has 2 aromatic carbocycles. The Labute approximate surface area is 98.6 Å². The van der Waals surface area contributed by atoms with E-state index >= 15 is 0 Å². The number of benzene rings is 2. The van der Waals surface area contributed by atoms with Gasteiger partial charge in [-0.3, -0.25) is 0 Å². The molecule has 0 bridgehead atoms. The fraction of sp³-hybridized carbons (Fsp3) is 0. The topological polar surface area (TPSA) is 49.8 Å². The number of carbonyl (C=O) groups is 1. The summed E-state index contributed by atoms with van der Waals surface area (Å²) in [4.78, 5) is 15.5. The summed E-state index contributed by atoms with van der Waals surface area (Å²) in [5.41, 5.74) is 1.31. The van der Waals surface area contributed by atoms with E-state index < -0.39 is 6.16 Å². The van der Waals surface area contributed by atoms with Crippen molar-refractivity contribution in [3.05, 3.63) is 60.7 Å². The molecule has 2 rings (SSSR count). The first-order valence-corrected chi connectivity index (χ1v) is 5.08. The van der Waals surface area contributed by atoms with Crippen LogP contribution in [0.25, 0.3) is 0 Å². The maximum Gasteiger partial charge on any atom is 0.531 e. The zero-order chi connectivity index (χ0) is 12.1. The molecule has 86 valence electrons. The molecule has 17 heavy (non-hydrogen) atoms. The van der Waals surface area contributed by atoms with Gasteiger partial charge in [-0.15, -0.1) is 0 Å². The number of anilines is 2. The molecule has 0 aromatic heterocycles. The van der Waals surface area contributed by atoms with Crippen molar-refractivity contribution >= 4 is 17.5 Å². The van der Waals surface area contributed by atoms with Crippen molar-refractivity contribution in [1.29, 1.82) is 0 Å². The van der Waals surface area contributed by atoms with Gasteiger partial charge in [-0.2, -0.15) is 5.06 Å². The first kappa shape index (κ1) is 11.0. The lowest BCUT2D eigenvalue weighted by Gasteiger charge is -2.21. The molecule has 0 atom stereocenters. The van der Waals surface area contributed by atoms with Gasteiger partial charge in [-0.1, -0.05) is 36.4 Å². The second kappa shape index (κ2) is 5.03. The highest BCUT2D eigenvalue weighted by Crippen LogP contribution is 2.24. The molecule has 0 spiro atoms. The number of para-hydroxylation sites is 2. The fourth-order valence-electron chi connectivity index (χ4n) is 1.46. The Morgan fingerprint density at radius 3 is 1.65 bits per heavy atom. The van der Waals surface area contributed by atoms with Crippen molar-refractivity contribution < 1.29 is 14.7 Å². The summed E-state index contributed by atoms with van der Waals surface area (Å²) in [5.74, 6) is 0. The summed E-state index contributed by atoms with van der Waals surface area (Å²) in [6.45, 7) is 0. The first-order chi connectivity index (χ1) is 8.27. The molecule has 1 N–H and O–H groups in total. The normalized spacial score (nSPS) is 9.65. The molecule has 0 aliphatic rings. The fourth-order valence-corrected chi connectivity index (χ4v) is 1.46. The average molecular weight is 229 g/mol.